The Kier molecular flexibility index (Phi) is 3.64. The maximum absolute atomic E-state index is 14.1. The molecule has 21 heavy (non-hydrogen) atoms. The summed E-state index contributed by atoms with van der Waals surface area (Å²) in [6.07, 6.45) is 3.18. The molecule has 0 bridgehead atoms. The number of hydrogen-bond donors (Lipinski definition) is 1. The van der Waals surface area contributed by atoms with Gasteiger partial charge in [0.05, 0.1) is 5.69 Å². The van der Waals surface area contributed by atoms with Gasteiger partial charge in [0.25, 0.3) is 0 Å². The van der Waals surface area contributed by atoms with E-state index in [0.29, 0.717) is 12.5 Å². The summed E-state index contributed by atoms with van der Waals surface area (Å²) in [6, 6.07) is 2.46. The lowest BCUT2D eigenvalue weighted by molar-refractivity contribution is 0.251. The number of nitrogens with zero attached hydrogens (tertiary/aromatic N) is 1. The molecule has 1 saturated carbocycles. The summed E-state index contributed by atoms with van der Waals surface area (Å²) < 4.78 is 40.8. The van der Waals surface area contributed by atoms with Crippen LogP contribution in [0, 0.1) is 23.4 Å². The Bertz CT molecular complexity index is 545. The van der Waals surface area contributed by atoms with Crippen LogP contribution in [0.3, 0.4) is 0 Å². The molecule has 1 aliphatic carbocycles. The summed E-state index contributed by atoms with van der Waals surface area (Å²) in [4.78, 5) is 1.91. The van der Waals surface area contributed by atoms with Gasteiger partial charge in [0.15, 0.2) is 17.5 Å². The van der Waals surface area contributed by atoms with Crippen molar-refractivity contribution in [1.29, 1.82) is 0 Å². The third-order valence-electron chi connectivity index (χ3n) is 4.95. The van der Waals surface area contributed by atoms with Crippen LogP contribution in [0.2, 0.25) is 0 Å². The first-order valence-corrected chi connectivity index (χ1v) is 7.61. The summed E-state index contributed by atoms with van der Waals surface area (Å²) in [6.45, 7) is 5.53. The zero-order chi connectivity index (χ0) is 15.2. The van der Waals surface area contributed by atoms with Gasteiger partial charge in [0.1, 0.15) is 0 Å². The van der Waals surface area contributed by atoms with Gasteiger partial charge in [-0.25, -0.2) is 13.2 Å². The predicted octanol–water partition coefficient (Wildman–Crippen LogP) is 3.46. The second-order valence-corrected chi connectivity index (χ2v) is 6.46. The van der Waals surface area contributed by atoms with Gasteiger partial charge < -0.3 is 10.2 Å². The zero-order valence-corrected chi connectivity index (χ0v) is 12.4. The summed E-state index contributed by atoms with van der Waals surface area (Å²) >= 11 is 0. The monoisotopic (exact) mass is 298 g/mol. The molecule has 0 aromatic heterocycles. The molecular weight excluding hydrogens is 277 g/mol. The number of halogens is 3. The van der Waals surface area contributed by atoms with Crippen LogP contribution < -0.4 is 10.2 Å². The molecule has 2 fully saturated rings. The zero-order valence-electron chi connectivity index (χ0n) is 12.4. The van der Waals surface area contributed by atoms with Crippen molar-refractivity contribution in [3.8, 4) is 0 Å². The fourth-order valence-electron chi connectivity index (χ4n) is 3.38. The molecule has 1 aromatic carbocycles. The molecule has 2 atom stereocenters. The van der Waals surface area contributed by atoms with E-state index in [1.807, 2.05) is 11.8 Å². The summed E-state index contributed by atoms with van der Waals surface area (Å²) in [7, 11) is 0. The SMILES string of the molecule is CCC1CNC(C)(C2CC2)CN1c1ccc(F)c(F)c1F. The van der Waals surface area contributed by atoms with Crippen LogP contribution in [0.1, 0.15) is 33.1 Å². The number of benzene rings is 1. The average molecular weight is 298 g/mol. The molecule has 1 N–H and O–H groups in total. The molecule has 2 unspecified atom stereocenters. The lowest BCUT2D eigenvalue weighted by atomic mass is 9.90. The summed E-state index contributed by atoms with van der Waals surface area (Å²) in [5.74, 6) is -3.00. The van der Waals surface area contributed by atoms with Gasteiger partial charge in [0, 0.05) is 24.7 Å². The van der Waals surface area contributed by atoms with Gasteiger partial charge in [-0.1, -0.05) is 6.92 Å². The van der Waals surface area contributed by atoms with E-state index in [-0.39, 0.29) is 17.3 Å². The van der Waals surface area contributed by atoms with Crippen LogP contribution >= 0.6 is 0 Å². The highest BCUT2D eigenvalue weighted by molar-refractivity contribution is 5.51. The predicted molar refractivity (Wildman–Crippen MR) is 76.9 cm³/mol. The molecule has 116 valence electrons. The van der Waals surface area contributed by atoms with Crippen molar-refractivity contribution in [1.82, 2.24) is 5.32 Å². The van der Waals surface area contributed by atoms with Gasteiger partial charge in [-0.05, 0) is 44.2 Å². The minimum atomic E-state index is -1.38. The van der Waals surface area contributed by atoms with Gasteiger partial charge >= 0.3 is 0 Å². The van der Waals surface area contributed by atoms with Crippen molar-refractivity contribution < 1.29 is 13.2 Å². The highest BCUT2D eigenvalue weighted by Gasteiger charge is 2.46. The third kappa shape index (κ3) is 2.52. The summed E-state index contributed by atoms with van der Waals surface area (Å²) in [5, 5.41) is 3.57. The number of nitrogens with one attached hydrogen (secondary N) is 1. The van der Waals surface area contributed by atoms with Crippen LogP contribution in [0.5, 0.6) is 0 Å². The highest BCUT2D eigenvalue weighted by Crippen LogP contribution is 2.42. The van der Waals surface area contributed by atoms with Crippen LogP contribution in [-0.4, -0.2) is 24.7 Å². The maximum atomic E-state index is 14.1. The van der Waals surface area contributed by atoms with E-state index in [2.05, 4.69) is 12.2 Å². The third-order valence-corrected chi connectivity index (χ3v) is 4.95. The van der Waals surface area contributed by atoms with Crippen molar-refractivity contribution in [2.24, 2.45) is 5.92 Å². The molecule has 0 spiro atoms. The van der Waals surface area contributed by atoms with Gasteiger partial charge in [-0.2, -0.15) is 0 Å². The lowest BCUT2D eigenvalue weighted by Gasteiger charge is -2.47. The van der Waals surface area contributed by atoms with Crippen LogP contribution in [-0.2, 0) is 0 Å². The Morgan fingerprint density at radius 3 is 2.57 bits per heavy atom. The largest absolute Gasteiger partial charge is 0.363 e. The Balaban J connectivity index is 1.95. The molecular formula is C16H21F3N2. The quantitative estimate of drug-likeness (QED) is 0.860. The lowest BCUT2D eigenvalue weighted by Crippen LogP contribution is -2.64. The fourth-order valence-corrected chi connectivity index (χ4v) is 3.38. The normalized spacial score (nSPS) is 29.8. The molecule has 2 nitrogen and oxygen atoms in total. The van der Waals surface area contributed by atoms with E-state index >= 15 is 0 Å². The van der Waals surface area contributed by atoms with Crippen molar-refractivity contribution in [2.45, 2.75) is 44.7 Å². The Morgan fingerprint density at radius 1 is 1.24 bits per heavy atom. The minimum Gasteiger partial charge on any atom is -0.363 e. The number of anilines is 1. The average Bonchev–Trinajstić information content (AvgIpc) is 3.30. The number of piperazine rings is 1. The molecule has 3 rings (SSSR count). The number of hydrogen-bond acceptors (Lipinski definition) is 2. The second-order valence-electron chi connectivity index (χ2n) is 6.46. The molecule has 1 aliphatic heterocycles. The summed E-state index contributed by atoms with van der Waals surface area (Å²) in [5.41, 5.74) is 0.0947. The molecule has 1 saturated heterocycles. The van der Waals surface area contributed by atoms with Crippen molar-refractivity contribution >= 4 is 5.69 Å². The standard InChI is InChI=1S/C16H21F3N2/c1-3-11-8-20-16(2,10-4-5-10)9-21(11)13-7-6-12(17)14(18)15(13)19/h6-7,10-11,20H,3-5,8-9H2,1-2H3. The molecule has 0 radical (unpaired) electrons. The molecule has 1 aromatic rings. The fraction of sp³-hybridized carbons (Fsp3) is 0.625. The van der Waals surface area contributed by atoms with Crippen molar-refractivity contribution in [3.63, 3.8) is 0 Å². The topological polar surface area (TPSA) is 15.3 Å². The molecule has 5 heteroatoms. The van der Waals surface area contributed by atoms with Crippen molar-refractivity contribution in [2.75, 3.05) is 18.0 Å². The number of rotatable bonds is 3. The second kappa shape index (κ2) is 5.20. The Labute approximate surface area is 123 Å². The van der Waals surface area contributed by atoms with Crippen LogP contribution in [0.4, 0.5) is 18.9 Å². The van der Waals surface area contributed by atoms with Gasteiger partial charge in [-0.15, -0.1) is 0 Å². The van der Waals surface area contributed by atoms with Gasteiger partial charge in [-0.3, -0.25) is 0 Å². The Hall–Kier alpha value is -1.23. The highest BCUT2D eigenvalue weighted by atomic mass is 19.2. The first-order chi connectivity index (χ1) is 9.96. The smallest absolute Gasteiger partial charge is 0.196 e. The first kappa shape index (κ1) is 14.7. The first-order valence-electron chi connectivity index (χ1n) is 7.61. The van der Waals surface area contributed by atoms with E-state index < -0.39 is 17.5 Å². The Morgan fingerprint density at radius 2 is 1.95 bits per heavy atom. The molecule has 1 heterocycles. The van der Waals surface area contributed by atoms with E-state index in [4.69, 9.17) is 0 Å². The van der Waals surface area contributed by atoms with E-state index in [0.717, 1.165) is 19.0 Å². The van der Waals surface area contributed by atoms with E-state index in [1.165, 1.54) is 18.9 Å². The maximum Gasteiger partial charge on any atom is 0.196 e. The van der Waals surface area contributed by atoms with Crippen LogP contribution in [0.25, 0.3) is 0 Å². The molecule has 0 amide bonds. The van der Waals surface area contributed by atoms with Crippen LogP contribution in [0.15, 0.2) is 12.1 Å². The van der Waals surface area contributed by atoms with E-state index in [1.54, 1.807) is 0 Å². The molecule has 2 aliphatic rings. The minimum absolute atomic E-state index is 0.0804. The van der Waals surface area contributed by atoms with Gasteiger partial charge in [0.2, 0.25) is 0 Å². The van der Waals surface area contributed by atoms with E-state index in [9.17, 15) is 13.2 Å². The van der Waals surface area contributed by atoms with Crippen molar-refractivity contribution in [3.05, 3.63) is 29.6 Å².